The van der Waals surface area contributed by atoms with Gasteiger partial charge in [0.2, 0.25) is 5.91 Å². The number of aliphatic hydroxyl groups is 1. The molecule has 0 saturated heterocycles. The minimum Gasteiger partial charge on any atom is -0.387 e. The number of carbonyl (C=O) groups excluding carboxylic acids is 1. The number of aliphatic hydroxyl groups excluding tert-OH is 1. The van der Waals surface area contributed by atoms with Crippen molar-refractivity contribution in [2.45, 2.75) is 187 Å². The van der Waals surface area contributed by atoms with Crippen LogP contribution in [0.15, 0.2) is 36.5 Å². The van der Waals surface area contributed by atoms with Crippen molar-refractivity contribution in [3.63, 3.8) is 0 Å². The van der Waals surface area contributed by atoms with Crippen LogP contribution in [0.2, 0.25) is 0 Å². The van der Waals surface area contributed by atoms with E-state index in [1.807, 2.05) is 27.2 Å². The number of rotatable bonds is 37. The Morgan fingerprint density at radius 2 is 1.08 bits per heavy atom. The minimum absolute atomic E-state index is 0.0544. The Balaban J connectivity index is 4.54. The minimum atomic E-state index is -4.34. The predicted octanol–water partition coefficient (Wildman–Crippen LogP) is 11.1. The summed E-state index contributed by atoms with van der Waals surface area (Å²) in [6.45, 7) is 4.75. The number of nitrogens with one attached hydrogen (secondary N) is 1. The Bertz CT molecular complexity index is 933. The summed E-state index contributed by atoms with van der Waals surface area (Å²) in [4.78, 5) is 23.0. The molecule has 3 N–H and O–H groups in total. The summed E-state index contributed by atoms with van der Waals surface area (Å²) < 4.78 is 23.5. The monoisotopic (exact) mass is 742 g/mol. The average molecular weight is 742 g/mol. The first-order valence-electron chi connectivity index (χ1n) is 20.9. The molecule has 0 bridgehead atoms. The van der Waals surface area contributed by atoms with Crippen LogP contribution in [0.4, 0.5) is 0 Å². The van der Waals surface area contributed by atoms with Gasteiger partial charge in [-0.25, -0.2) is 4.57 Å². The van der Waals surface area contributed by atoms with Crippen LogP contribution in [0.3, 0.4) is 0 Å². The van der Waals surface area contributed by atoms with Crippen molar-refractivity contribution >= 4 is 13.7 Å². The molecule has 9 heteroatoms. The molecule has 51 heavy (non-hydrogen) atoms. The lowest BCUT2D eigenvalue weighted by Crippen LogP contribution is -2.45. The van der Waals surface area contributed by atoms with Gasteiger partial charge in [-0.05, 0) is 44.9 Å². The van der Waals surface area contributed by atoms with E-state index in [1.54, 1.807) is 6.08 Å². The third kappa shape index (κ3) is 36.9. The molecule has 0 aromatic carbocycles. The van der Waals surface area contributed by atoms with Crippen LogP contribution in [0.5, 0.6) is 0 Å². The van der Waals surface area contributed by atoms with E-state index in [1.165, 1.54) is 109 Å². The molecule has 0 fully saturated rings. The van der Waals surface area contributed by atoms with E-state index in [0.717, 1.165) is 44.9 Å². The summed E-state index contributed by atoms with van der Waals surface area (Å²) in [5.74, 6) is -0.192. The number of hydrogen-bond donors (Lipinski definition) is 3. The number of allylic oxidation sites excluding steroid dienone is 5. The highest BCUT2D eigenvalue weighted by molar-refractivity contribution is 7.47. The fraction of sp³-hybridized carbons (Fsp3) is 0.833. The number of hydrogen-bond acceptors (Lipinski definition) is 5. The number of phosphoric ester groups is 1. The molecule has 0 spiro atoms. The van der Waals surface area contributed by atoms with E-state index in [4.69, 9.17) is 9.05 Å². The van der Waals surface area contributed by atoms with E-state index < -0.39 is 20.0 Å². The lowest BCUT2D eigenvalue weighted by Gasteiger charge is -2.25. The van der Waals surface area contributed by atoms with Gasteiger partial charge in [-0.2, -0.15) is 0 Å². The van der Waals surface area contributed by atoms with Crippen molar-refractivity contribution in [1.82, 2.24) is 5.32 Å². The molecule has 1 amide bonds. The molecule has 300 valence electrons. The summed E-state index contributed by atoms with van der Waals surface area (Å²) >= 11 is 0. The molecule has 0 aromatic rings. The van der Waals surface area contributed by atoms with Crippen LogP contribution in [-0.4, -0.2) is 73.4 Å². The second-order valence-corrected chi connectivity index (χ2v) is 16.8. The zero-order valence-electron chi connectivity index (χ0n) is 33.8. The van der Waals surface area contributed by atoms with Gasteiger partial charge in [0.15, 0.2) is 0 Å². The van der Waals surface area contributed by atoms with Gasteiger partial charge in [0.1, 0.15) is 13.2 Å². The third-order valence-electron chi connectivity index (χ3n) is 9.09. The van der Waals surface area contributed by atoms with E-state index in [2.05, 4.69) is 43.5 Å². The molecule has 0 aliphatic carbocycles. The number of phosphoric acid groups is 1. The molecule has 3 atom stereocenters. The number of amides is 1. The van der Waals surface area contributed by atoms with Gasteiger partial charge in [0.05, 0.1) is 39.9 Å². The number of likely N-dealkylation sites (N-methyl/N-ethyl adjacent to an activating group) is 1. The second kappa shape index (κ2) is 34.5. The molecule has 0 aromatic heterocycles. The van der Waals surface area contributed by atoms with Crippen molar-refractivity contribution in [2.75, 3.05) is 40.9 Å². The van der Waals surface area contributed by atoms with Gasteiger partial charge in [-0.1, -0.05) is 159 Å². The summed E-state index contributed by atoms with van der Waals surface area (Å²) in [5.41, 5.74) is 0. The first-order chi connectivity index (χ1) is 24.5. The Morgan fingerprint density at radius 3 is 1.57 bits per heavy atom. The van der Waals surface area contributed by atoms with Gasteiger partial charge >= 0.3 is 7.82 Å². The molecule has 0 radical (unpaired) electrons. The highest BCUT2D eigenvalue weighted by Crippen LogP contribution is 2.43. The van der Waals surface area contributed by atoms with Gasteiger partial charge in [0, 0.05) is 6.42 Å². The fourth-order valence-electron chi connectivity index (χ4n) is 5.72. The van der Waals surface area contributed by atoms with E-state index in [9.17, 15) is 19.4 Å². The maximum Gasteiger partial charge on any atom is 0.472 e. The molecule has 0 saturated carbocycles. The lowest BCUT2D eigenvalue weighted by molar-refractivity contribution is -0.870. The molecule has 8 nitrogen and oxygen atoms in total. The standard InChI is InChI=1S/C42H81N2O6P/c1-6-8-10-12-14-16-18-20-22-24-26-28-30-32-34-36-42(46)43-40(39-50-51(47,48)49-38-37-44(3,4)5)41(45)35-33-31-29-27-25-23-21-19-17-15-13-11-9-7-2/h17,19,25,27,33,35,40-41,45H,6-16,18,20-24,26,28-32,34,36-39H2,1-5H3,(H-,43,46,47,48)/p+1/b19-17+,27-25+,35-33+. The summed E-state index contributed by atoms with van der Waals surface area (Å²) in [6, 6.07) is -0.864. The summed E-state index contributed by atoms with van der Waals surface area (Å²) in [5, 5.41) is 13.8. The first-order valence-corrected chi connectivity index (χ1v) is 22.4. The van der Waals surface area contributed by atoms with E-state index in [0.29, 0.717) is 17.4 Å². The largest absolute Gasteiger partial charge is 0.472 e. The van der Waals surface area contributed by atoms with Gasteiger partial charge in [0.25, 0.3) is 0 Å². The number of carbonyl (C=O) groups is 1. The van der Waals surface area contributed by atoms with Crippen molar-refractivity contribution in [2.24, 2.45) is 0 Å². The molecule has 0 heterocycles. The third-order valence-corrected chi connectivity index (χ3v) is 10.1. The van der Waals surface area contributed by atoms with Crippen molar-refractivity contribution in [1.29, 1.82) is 0 Å². The molecular weight excluding hydrogens is 659 g/mol. The Kier molecular flexibility index (Phi) is 33.6. The molecular formula is C42H82N2O6P+. The van der Waals surface area contributed by atoms with Crippen molar-refractivity contribution in [3.05, 3.63) is 36.5 Å². The van der Waals surface area contributed by atoms with Crippen LogP contribution >= 0.6 is 7.82 Å². The zero-order valence-corrected chi connectivity index (χ0v) is 34.7. The van der Waals surface area contributed by atoms with E-state index >= 15 is 0 Å². The van der Waals surface area contributed by atoms with Crippen LogP contribution in [-0.2, 0) is 18.4 Å². The smallest absolute Gasteiger partial charge is 0.387 e. The highest BCUT2D eigenvalue weighted by atomic mass is 31.2. The molecule has 3 unspecified atom stereocenters. The van der Waals surface area contributed by atoms with Crippen LogP contribution < -0.4 is 5.32 Å². The van der Waals surface area contributed by atoms with Crippen LogP contribution in [0.1, 0.15) is 174 Å². The van der Waals surface area contributed by atoms with Crippen molar-refractivity contribution in [3.8, 4) is 0 Å². The Hall–Kier alpha value is -1.28. The molecule has 0 rings (SSSR count). The fourth-order valence-corrected chi connectivity index (χ4v) is 6.45. The van der Waals surface area contributed by atoms with Crippen LogP contribution in [0.25, 0.3) is 0 Å². The molecule has 0 aliphatic rings. The number of unbranched alkanes of at least 4 members (excludes halogenated alkanes) is 20. The normalized spacial score (nSPS) is 14.9. The molecule has 0 aliphatic heterocycles. The predicted molar refractivity (Wildman–Crippen MR) is 217 cm³/mol. The Morgan fingerprint density at radius 1 is 0.647 bits per heavy atom. The number of quaternary nitrogens is 1. The lowest BCUT2D eigenvalue weighted by atomic mass is 10.0. The Labute approximate surface area is 315 Å². The van der Waals surface area contributed by atoms with Crippen molar-refractivity contribution < 1.29 is 32.9 Å². The second-order valence-electron chi connectivity index (χ2n) is 15.4. The quantitative estimate of drug-likeness (QED) is 0.0253. The summed E-state index contributed by atoms with van der Waals surface area (Å²) in [7, 11) is 1.55. The zero-order chi connectivity index (χ0) is 37.9. The number of nitrogens with zero attached hydrogens (tertiary/aromatic N) is 1. The average Bonchev–Trinajstić information content (AvgIpc) is 3.07. The van der Waals surface area contributed by atoms with E-state index in [-0.39, 0.29) is 19.1 Å². The van der Waals surface area contributed by atoms with Gasteiger partial charge in [-0.3, -0.25) is 13.8 Å². The maximum atomic E-state index is 12.8. The van der Waals surface area contributed by atoms with Crippen LogP contribution in [0, 0.1) is 0 Å². The topological polar surface area (TPSA) is 105 Å². The van der Waals surface area contributed by atoms with Gasteiger partial charge in [-0.15, -0.1) is 0 Å². The maximum absolute atomic E-state index is 12.8. The highest BCUT2D eigenvalue weighted by Gasteiger charge is 2.27. The van der Waals surface area contributed by atoms with Gasteiger partial charge < -0.3 is 19.8 Å². The SMILES string of the molecule is CCCCCC/C=C/CC/C=C/CC/C=C/C(O)C(COP(=O)(O)OCC[N+](C)(C)C)NC(=O)CCCCCCCCCCCCCCCCC. The first kappa shape index (κ1) is 49.7. The summed E-state index contributed by atoms with van der Waals surface area (Å²) in [6.07, 6.45) is 40.6.